The summed E-state index contributed by atoms with van der Waals surface area (Å²) in [5, 5.41) is 4.96. The molecular formula is C16H21N2O2+. The molecule has 3 N–H and O–H groups in total. The molecule has 0 aliphatic carbocycles. The number of carbonyl (C=O) groups excluding carboxylic acids is 1. The summed E-state index contributed by atoms with van der Waals surface area (Å²) in [6.07, 6.45) is 1.65. The maximum absolute atomic E-state index is 11.9. The smallest absolute Gasteiger partial charge is 0.275 e. The molecule has 0 aliphatic rings. The van der Waals surface area contributed by atoms with Crippen molar-refractivity contribution in [2.75, 3.05) is 6.54 Å². The average molecular weight is 273 g/mol. The van der Waals surface area contributed by atoms with Crippen molar-refractivity contribution < 1.29 is 14.5 Å². The van der Waals surface area contributed by atoms with Crippen LogP contribution in [0.25, 0.3) is 0 Å². The molecule has 0 radical (unpaired) electrons. The van der Waals surface area contributed by atoms with E-state index in [4.69, 9.17) is 4.42 Å². The minimum Gasteiger partial charge on any atom is -0.463 e. The molecule has 2 rings (SSSR count). The van der Waals surface area contributed by atoms with Gasteiger partial charge in [0.25, 0.3) is 5.91 Å². The Kier molecular flexibility index (Phi) is 4.96. The first kappa shape index (κ1) is 14.3. The van der Waals surface area contributed by atoms with Gasteiger partial charge in [0.05, 0.1) is 12.3 Å². The van der Waals surface area contributed by atoms with E-state index in [1.54, 1.807) is 6.26 Å². The second kappa shape index (κ2) is 6.91. The zero-order valence-electron chi connectivity index (χ0n) is 11.9. The number of quaternary nitrogens is 1. The topological polar surface area (TPSA) is 58.9 Å². The maximum atomic E-state index is 11.9. The number of hydrogen-bond donors (Lipinski definition) is 2. The molecule has 0 fully saturated rings. The molecule has 0 saturated carbocycles. The summed E-state index contributed by atoms with van der Waals surface area (Å²) in [5.41, 5.74) is 1.11. The van der Waals surface area contributed by atoms with Crippen molar-refractivity contribution in [3.63, 3.8) is 0 Å². The largest absolute Gasteiger partial charge is 0.463 e. The summed E-state index contributed by atoms with van der Waals surface area (Å²) < 4.78 is 5.32. The van der Waals surface area contributed by atoms with E-state index in [9.17, 15) is 4.79 Å². The van der Waals surface area contributed by atoms with E-state index in [1.165, 1.54) is 0 Å². The van der Waals surface area contributed by atoms with Gasteiger partial charge < -0.3 is 15.1 Å². The van der Waals surface area contributed by atoms with Gasteiger partial charge in [0.15, 0.2) is 12.3 Å². The van der Waals surface area contributed by atoms with Gasteiger partial charge in [0.2, 0.25) is 0 Å². The number of hydrogen-bond acceptors (Lipinski definition) is 2. The monoisotopic (exact) mass is 273 g/mol. The van der Waals surface area contributed by atoms with Crippen LogP contribution in [-0.4, -0.2) is 12.5 Å². The second-order valence-corrected chi connectivity index (χ2v) is 4.94. The van der Waals surface area contributed by atoms with Crippen molar-refractivity contribution in [1.29, 1.82) is 0 Å². The average Bonchev–Trinajstić information content (AvgIpc) is 3.00. The predicted octanol–water partition coefficient (Wildman–Crippen LogP) is 1.78. The van der Waals surface area contributed by atoms with E-state index in [2.05, 4.69) is 5.32 Å². The normalized spacial score (nSPS) is 13.7. The van der Waals surface area contributed by atoms with Gasteiger partial charge in [-0.1, -0.05) is 30.3 Å². The molecule has 4 nitrogen and oxygen atoms in total. The van der Waals surface area contributed by atoms with Gasteiger partial charge >= 0.3 is 0 Å². The molecule has 1 aromatic heterocycles. The number of furan rings is 1. The van der Waals surface area contributed by atoms with Gasteiger partial charge in [-0.05, 0) is 31.5 Å². The summed E-state index contributed by atoms with van der Waals surface area (Å²) in [7, 11) is 0. The Morgan fingerprint density at radius 3 is 2.60 bits per heavy atom. The minimum absolute atomic E-state index is 0.0241. The zero-order chi connectivity index (χ0) is 14.4. The highest BCUT2D eigenvalue weighted by Crippen LogP contribution is 2.10. The number of nitrogens with two attached hydrogens (primary N) is 1. The number of benzene rings is 1. The van der Waals surface area contributed by atoms with Crippen LogP contribution in [0, 0.1) is 0 Å². The van der Waals surface area contributed by atoms with E-state index < -0.39 is 0 Å². The molecule has 2 atom stereocenters. The lowest BCUT2D eigenvalue weighted by atomic mass is 10.1. The number of carbonyl (C=O) groups is 1. The Labute approximate surface area is 119 Å². The highest BCUT2D eigenvalue weighted by Gasteiger charge is 2.15. The van der Waals surface area contributed by atoms with Gasteiger partial charge in [0, 0.05) is 0 Å². The van der Waals surface area contributed by atoms with Crippen LogP contribution in [0.2, 0.25) is 0 Å². The Balaban J connectivity index is 1.78. The highest BCUT2D eigenvalue weighted by molar-refractivity contribution is 5.77. The molecule has 106 valence electrons. The van der Waals surface area contributed by atoms with Crippen molar-refractivity contribution in [3.8, 4) is 0 Å². The summed E-state index contributed by atoms with van der Waals surface area (Å²) in [6.45, 7) is 4.40. The lowest BCUT2D eigenvalue weighted by Gasteiger charge is -2.14. The predicted molar refractivity (Wildman–Crippen MR) is 76.9 cm³/mol. The first-order valence-electron chi connectivity index (χ1n) is 6.88. The summed E-state index contributed by atoms with van der Waals surface area (Å²) >= 11 is 0. The lowest BCUT2D eigenvalue weighted by Crippen LogP contribution is -2.87. The van der Waals surface area contributed by atoms with Gasteiger partial charge in [-0.15, -0.1) is 0 Å². The molecule has 1 aromatic carbocycles. The van der Waals surface area contributed by atoms with Crippen molar-refractivity contribution in [2.45, 2.75) is 25.9 Å². The summed E-state index contributed by atoms with van der Waals surface area (Å²) in [4.78, 5) is 11.9. The molecule has 4 heteroatoms. The molecule has 1 heterocycles. The first-order valence-corrected chi connectivity index (χ1v) is 6.88. The van der Waals surface area contributed by atoms with Crippen LogP contribution in [0.15, 0.2) is 53.1 Å². The van der Waals surface area contributed by atoms with Crippen LogP contribution in [-0.2, 0) is 4.79 Å². The summed E-state index contributed by atoms with van der Waals surface area (Å²) in [5.74, 6) is 0.911. The lowest BCUT2D eigenvalue weighted by molar-refractivity contribution is -0.684. The van der Waals surface area contributed by atoms with Crippen LogP contribution in [0.3, 0.4) is 0 Å². The van der Waals surface area contributed by atoms with E-state index in [1.807, 2.05) is 61.6 Å². The van der Waals surface area contributed by atoms with Crippen LogP contribution < -0.4 is 10.6 Å². The molecule has 0 spiro atoms. The third-order valence-corrected chi connectivity index (χ3v) is 3.33. The minimum atomic E-state index is 0.0241. The van der Waals surface area contributed by atoms with Gasteiger partial charge in [-0.2, -0.15) is 0 Å². The van der Waals surface area contributed by atoms with E-state index in [-0.39, 0.29) is 18.0 Å². The van der Waals surface area contributed by atoms with E-state index >= 15 is 0 Å². The van der Waals surface area contributed by atoms with Crippen LogP contribution in [0.4, 0.5) is 0 Å². The third-order valence-electron chi connectivity index (χ3n) is 3.33. The first-order chi connectivity index (χ1) is 9.66. The highest BCUT2D eigenvalue weighted by atomic mass is 16.3. The van der Waals surface area contributed by atoms with Crippen molar-refractivity contribution >= 4 is 5.91 Å². The van der Waals surface area contributed by atoms with E-state index in [0.717, 1.165) is 11.3 Å². The molecule has 0 unspecified atom stereocenters. The third kappa shape index (κ3) is 3.96. The Morgan fingerprint density at radius 1 is 1.20 bits per heavy atom. The quantitative estimate of drug-likeness (QED) is 0.843. The molecule has 0 bridgehead atoms. The van der Waals surface area contributed by atoms with Crippen molar-refractivity contribution in [1.82, 2.24) is 5.32 Å². The van der Waals surface area contributed by atoms with Gasteiger partial charge in [-0.3, -0.25) is 4.79 Å². The maximum Gasteiger partial charge on any atom is 0.275 e. The fraction of sp³-hybridized carbons (Fsp3) is 0.312. The number of rotatable bonds is 6. The van der Waals surface area contributed by atoms with Gasteiger partial charge in [0.1, 0.15) is 6.04 Å². The molecule has 0 saturated heterocycles. The number of amides is 1. The standard InChI is InChI=1S/C16H20N2O2/c1-12(14-7-4-3-5-8-14)18-16(19)11-17-13(2)15-9-6-10-20-15/h3-10,12-13,17H,11H2,1-2H3,(H,18,19)/p+1/t12-,13+/m0/s1. The van der Waals surface area contributed by atoms with Crippen LogP contribution in [0.1, 0.15) is 37.3 Å². The number of nitrogens with one attached hydrogen (secondary N) is 1. The van der Waals surface area contributed by atoms with Crippen molar-refractivity contribution in [3.05, 3.63) is 60.1 Å². The Hall–Kier alpha value is -2.07. The molecule has 20 heavy (non-hydrogen) atoms. The van der Waals surface area contributed by atoms with Crippen LogP contribution in [0.5, 0.6) is 0 Å². The molecule has 2 aromatic rings. The van der Waals surface area contributed by atoms with Crippen LogP contribution >= 0.6 is 0 Å². The molecule has 0 aliphatic heterocycles. The van der Waals surface area contributed by atoms with Gasteiger partial charge in [-0.25, -0.2) is 0 Å². The second-order valence-electron chi connectivity index (χ2n) is 4.94. The fourth-order valence-corrected chi connectivity index (χ4v) is 2.08. The molecular weight excluding hydrogens is 252 g/mol. The fourth-order valence-electron chi connectivity index (χ4n) is 2.08. The SMILES string of the molecule is C[C@H](NC(=O)C[NH2+][C@H](C)c1ccco1)c1ccccc1. The van der Waals surface area contributed by atoms with E-state index in [0.29, 0.717) is 6.54 Å². The Morgan fingerprint density at radius 2 is 1.95 bits per heavy atom. The summed E-state index contributed by atoms with van der Waals surface area (Å²) in [6, 6.07) is 13.9. The Bertz CT molecular complexity index is 523. The zero-order valence-corrected chi connectivity index (χ0v) is 11.9. The molecule has 1 amide bonds. The van der Waals surface area contributed by atoms with Crippen molar-refractivity contribution in [2.24, 2.45) is 0 Å².